The van der Waals surface area contributed by atoms with Gasteiger partial charge in [-0.25, -0.2) is 4.98 Å². The van der Waals surface area contributed by atoms with E-state index in [1.807, 2.05) is 18.2 Å². The molecule has 0 bridgehead atoms. The van der Waals surface area contributed by atoms with Crippen molar-refractivity contribution in [2.75, 3.05) is 39.4 Å². The first-order valence-corrected chi connectivity index (χ1v) is 9.39. The molecule has 1 saturated heterocycles. The Balaban J connectivity index is 1.41. The summed E-state index contributed by atoms with van der Waals surface area (Å²) in [5.41, 5.74) is 2.79. The van der Waals surface area contributed by atoms with Gasteiger partial charge in [0, 0.05) is 44.7 Å². The first-order valence-electron chi connectivity index (χ1n) is 9.39. The number of amides is 1. The van der Waals surface area contributed by atoms with E-state index in [1.165, 1.54) is 19.3 Å². The van der Waals surface area contributed by atoms with E-state index in [0.717, 1.165) is 62.7 Å². The third-order valence-electron chi connectivity index (χ3n) is 5.19. The Hall–Kier alpha value is -1.92. The minimum absolute atomic E-state index is 0.0154. The average Bonchev–Trinajstić information content (AvgIpc) is 2.82. The van der Waals surface area contributed by atoms with Crippen LogP contribution in [0.2, 0.25) is 0 Å². The molecular formula is C19H26N4O2. The number of ether oxygens (including phenoxy) is 1. The smallest absolute Gasteiger partial charge is 0.251 e. The maximum absolute atomic E-state index is 12.4. The van der Waals surface area contributed by atoms with Gasteiger partial charge in [-0.05, 0) is 31.0 Å². The molecule has 0 aliphatic carbocycles. The second-order valence-corrected chi connectivity index (χ2v) is 6.90. The van der Waals surface area contributed by atoms with Crippen LogP contribution >= 0.6 is 0 Å². The number of hydrogen-bond acceptors (Lipinski definition) is 4. The summed E-state index contributed by atoms with van der Waals surface area (Å²) in [5.74, 6) is 1.15. The molecule has 1 aromatic carbocycles. The zero-order valence-corrected chi connectivity index (χ0v) is 14.7. The molecule has 1 amide bonds. The van der Waals surface area contributed by atoms with Crippen molar-refractivity contribution in [2.24, 2.45) is 0 Å². The minimum Gasteiger partial charge on any atom is -0.379 e. The normalized spacial score (nSPS) is 18.7. The maximum Gasteiger partial charge on any atom is 0.251 e. The predicted octanol–water partition coefficient (Wildman–Crippen LogP) is 1.82. The second kappa shape index (κ2) is 7.54. The van der Waals surface area contributed by atoms with Crippen LogP contribution < -0.4 is 5.32 Å². The Morgan fingerprint density at radius 1 is 1.16 bits per heavy atom. The zero-order valence-electron chi connectivity index (χ0n) is 14.7. The highest BCUT2D eigenvalue weighted by Gasteiger charge is 2.15. The Labute approximate surface area is 148 Å². The topological polar surface area (TPSA) is 59.4 Å². The van der Waals surface area contributed by atoms with Gasteiger partial charge in [-0.3, -0.25) is 9.69 Å². The van der Waals surface area contributed by atoms with E-state index in [9.17, 15) is 4.79 Å². The van der Waals surface area contributed by atoms with Crippen LogP contribution in [0.3, 0.4) is 0 Å². The number of benzene rings is 1. The molecule has 4 rings (SSSR count). The predicted molar refractivity (Wildman–Crippen MR) is 96.9 cm³/mol. The van der Waals surface area contributed by atoms with Gasteiger partial charge in [0.05, 0.1) is 24.2 Å². The van der Waals surface area contributed by atoms with E-state index in [1.54, 1.807) is 0 Å². The van der Waals surface area contributed by atoms with Crippen LogP contribution in [0.5, 0.6) is 0 Å². The van der Waals surface area contributed by atoms with E-state index in [-0.39, 0.29) is 5.91 Å². The van der Waals surface area contributed by atoms with Gasteiger partial charge in [0.1, 0.15) is 5.82 Å². The lowest BCUT2D eigenvalue weighted by Gasteiger charge is -2.26. The molecule has 25 heavy (non-hydrogen) atoms. The largest absolute Gasteiger partial charge is 0.379 e. The van der Waals surface area contributed by atoms with Crippen LogP contribution in [-0.2, 0) is 17.7 Å². The molecule has 1 N–H and O–H groups in total. The molecule has 2 aliphatic rings. The summed E-state index contributed by atoms with van der Waals surface area (Å²) in [6.07, 6.45) is 4.73. The Morgan fingerprint density at radius 3 is 2.92 bits per heavy atom. The molecule has 0 atom stereocenters. The molecule has 0 spiro atoms. The highest BCUT2D eigenvalue weighted by Crippen LogP contribution is 2.22. The summed E-state index contributed by atoms with van der Waals surface area (Å²) in [6.45, 7) is 6.04. The highest BCUT2D eigenvalue weighted by molar-refractivity contribution is 5.97. The summed E-state index contributed by atoms with van der Waals surface area (Å²) in [6, 6.07) is 5.90. The molecule has 0 radical (unpaired) electrons. The number of rotatable bonds is 4. The van der Waals surface area contributed by atoms with E-state index >= 15 is 0 Å². The van der Waals surface area contributed by atoms with Crippen molar-refractivity contribution < 1.29 is 9.53 Å². The number of aromatic nitrogens is 2. The minimum atomic E-state index is -0.0154. The molecule has 0 unspecified atom stereocenters. The third-order valence-corrected chi connectivity index (χ3v) is 5.19. The van der Waals surface area contributed by atoms with Crippen LogP contribution in [0, 0.1) is 0 Å². The number of morpholine rings is 1. The quantitative estimate of drug-likeness (QED) is 0.921. The lowest BCUT2D eigenvalue weighted by molar-refractivity contribution is 0.0383. The van der Waals surface area contributed by atoms with Crippen molar-refractivity contribution in [1.29, 1.82) is 0 Å². The van der Waals surface area contributed by atoms with Crippen molar-refractivity contribution in [3.8, 4) is 0 Å². The van der Waals surface area contributed by atoms with Gasteiger partial charge >= 0.3 is 0 Å². The lowest BCUT2D eigenvalue weighted by atomic mass is 10.2. The van der Waals surface area contributed by atoms with E-state index in [0.29, 0.717) is 12.1 Å². The van der Waals surface area contributed by atoms with E-state index in [4.69, 9.17) is 9.72 Å². The SMILES string of the molecule is O=C(NCCN1CCOCC1)c1ccc2c(c1)nc1n2CCCCC1. The van der Waals surface area contributed by atoms with Gasteiger partial charge < -0.3 is 14.6 Å². The molecule has 3 heterocycles. The van der Waals surface area contributed by atoms with Crippen molar-refractivity contribution in [3.05, 3.63) is 29.6 Å². The van der Waals surface area contributed by atoms with Crippen LogP contribution in [0.15, 0.2) is 18.2 Å². The molecule has 1 aromatic heterocycles. The summed E-state index contributed by atoms with van der Waals surface area (Å²) < 4.78 is 7.66. The third kappa shape index (κ3) is 3.70. The van der Waals surface area contributed by atoms with Gasteiger partial charge in [-0.1, -0.05) is 6.42 Å². The molecule has 2 aliphatic heterocycles. The second-order valence-electron chi connectivity index (χ2n) is 6.90. The summed E-state index contributed by atoms with van der Waals surface area (Å²) in [5, 5.41) is 3.03. The van der Waals surface area contributed by atoms with E-state index in [2.05, 4.69) is 14.8 Å². The average molecular weight is 342 g/mol. The van der Waals surface area contributed by atoms with Crippen molar-refractivity contribution in [3.63, 3.8) is 0 Å². The lowest BCUT2D eigenvalue weighted by Crippen LogP contribution is -2.41. The summed E-state index contributed by atoms with van der Waals surface area (Å²) >= 11 is 0. The fourth-order valence-corrected chi connectivity index (χ4v) is 3.75. The number of carbonyl (C=O) groups excluding carboxylic acids is 1. The van der Waals surface area contributed by atoms with Crippen molar-refractivity contribution >= 4 is 16.9 Å². The first kappa shape index (κ1) is 16.5. The van der Waals surface area contributed by atoms with Gasteiger partial charge in [0.25, 0.3) is 5.91 Å². The first-order chi connectivity index (χ1) is 12.3. The zero-order chi connectivity index (χ0) is 17.1. The standard InChI is InChI=1S/C19H26N4O2/c24-19(20-7-9-22-10-12-25-13-11-22)15-5-6-17-16(14-15)21-18-4-2-1-3-8-23(17)18/h5-6,14H,1-4,7-13H2,(H,20,24). The van der Waals surface area contributed by atoms with Crippen LogP contribution in [-0.4, -0.2) is 59.8 Å². The Morgan fingerprint density at radius 2 is 2.04 bits per heavy atom. The monoisotopic (exact) mass is 342 g/mol. The fraction of sp³-hybridized carbons (Fsp3) is 0.579. The highest BCUT2D eigenvalue weighted by atomic mass is 16.5. The van der Waals surface area contributed by atoms with Crippen LogP contribution in [0.4, 0.5) is 0 Å². The summed E-state index contributed by atoms with van der Waals surface area (Å²) in [4.78, 5) is 19.5. The van der Waals surface area contributed by atoms with Crippen LogP contribution in [0.1, 0.15) is 35.4 Å². The molecule has 2 aromatic rings. The van der Waals surface area contributed by atoms with E-state index < -0.39 is 0 Å². The van der Waals surface area contributed by atoms with Gasteiger partial charge in [-0.15, -0.1) is 0 Å². The van der Waals surface area contributed by atoms with Gasteiger partial charge in [-0.2, -0.15) is 0 Å². The van der Waals surface area contributed by atoms with Gasteiger partial charge in [0.15, 0.2) is 0 Å². The Kier molecular flexibility index (Phi) is 4.99. The van der Waals surface area contributed by atoms with Crippen molar-refractivity contribution in [2.45, 2.75) is 32.2 Å². The number of aryl methyl sites for hydroxylation is 2. The molecule has 134 valence electrons. The number of nitrogens with zero attached hydrogens (tertiary/aromatic N) is 3. The number of nitrogens with one attached hydrogen (secondary N) is 1. The number of hydrogen-bond donors (Lipinski definition) is 1. The van der Waals surface area contributed by atoms with Crippen LogP contribution in [0.25, 0.3) is 11.0 Å². The number of fused-ring (bicyclic) bond motifs is 3. The maximum atomic E-state index is 12.4. The molecule has 0 saturated carbocycles. The van der Waals surface area contributed by atoms with Gasteiger partial charge in [0.2, 0.25) is 0 Å². The van der Waals surface area contributed by atoms with Crippen molar-refractivity contribution in [1.82, 2.24) is 19.8 Å². The molecular weight excluding hydrogens is 316 g/mol. The molecule has 6 nitrogen and oxygen atoms in total. The fourth-order valence-electron chi connectivity index (χ4n) is 3.75. The molecule has 1 fully saturated rings. The molecule has 6 heteroatoms. The Bertz CT molecular complexity index is 749. The summed E-state index contributed by atoms with van der Waals surface area (Å²) in [7, 11) is 0. The number of imidazole rings is 1. The number of carbonyl (C=O) groups is 1.